The van der Waals surface area contributed by atoms with Crippen LogP contribution < -0.4 is 5.32 Å². The number of hydrogen-bond acceptors (Lipinski definition) is 3. The van der Waals surface area contributed by atoms with Crippen molar-refractivity contribution < 1.29 is 18.7 Å². The van der Waals surface area contributed by atoms with Gasteiger partial charge in [0.1, 0.15) is 5.82 Å². The summed E-state index contributed by atoms with van der Waals surface area (Å²) in [7, 11) is 1.62. The van der Waals surface area contributed by atoms with Crippen LogP contribution in [0.4, 0.5) is 4.39 Å². The molecule has 1 rings (SSSR count). The van der Waals surface area contributed by atoms with E-state index in [-0.39, 0.29) is 10.0 Å². The predicted octanol–water partition coefficient (Wildman–Crippen LogP) is 2.76. The first-order chi connectivity index (χ1) is 9.66. The first-order valence-electron chi connectivity index (χ1n) is 6.45. The molecule has 0 heterocycles. The van der Waals surface area contributed by atoms with Gasteiger partial charge in [-0.25, -0.2) is 4.39 Å². The standard InChI is InChI=1S/C14H19BrFNO3/c1-19-9-10-20-8-3-2-7-17-14(18)11-5-4-6-12(15)13(11)16/h4-6H,2-3,7-10H2,1H3,(H,17,18). The maximum absolute atomic E-state index is 13.7. The van der Waals surface area contributed by atoms with Crippen molar-refractivity contribution in [1.29, 1.82) is 0 Å². The molecule has 0 bridgehead atoms. The minimum absolute atomic E-state index is 0.0516. The van der Waals surface area contributed by atoms with Crippen molar-refractivity contribution in [2.24, 2.45) is 0 Å². The van der Waals surface area contributed by atoms with Crippen LogP contribution in [0, 0.1) is 5.82 Å². The average Bonchev–Trinajstić information content (AvgIpc) is 2.44. The Morgan fingerprint density at radius 1 is 1.30 bits per heavy atom. The third kappa shape index (κ3) is 5.98. The molecule has 0 fully saturated rings. The number of ether oxygens (including phenoxy) is 2. The summed E-state index contributed by atoms with van der Waals surface area (Å²) in [5, 5.41) is 2.69. The van der Waals surface area contributed by atoms with E-state index in [1.165, 1.54) is 6.07 Å². The summed E-state index contributed by atoms with van der Waals surface area (Å²) in [6.07, 6.45) is 1.62. The molecule has 0 unspecified atom stereocenters. The second-order valence-electron chi connectivity index (χ2n) is 4.17. The van der Waals surface area contributed by atoms with Gasteiger partial charge in [0, 0.05) is 20.3 Å². The lowest BCUT2D eigenvalue weighted by molar-refractivity contribution is 0.0686. The highest BCUT2D eigenvalue weighted by atomic mass is 79.9. The van der Waals surface area contributed by atoms with E-state index in [1.54, 1.807) is 19.2 Å². The fourth-order valence-electron chi connectivity index (χ4n) is 1.55. The van der Waals surface area contributed by atoms with Crippen LogP contribution in [-0.4, -0.2) is 39.4 Å². The van der Waals surface area contributed by atoms with E-state index in [2.05, 4.69) is 21.2 Å². The van der Waals surface area contributed by atoms with Crippen molar-refractivity contribution in [1.82, 2.24) is 5.32 Å². The molecule has 1 aromatic rings. The van der Waals surface area contributed by atoms with Crippen LogP contribution in [-0.2, 0) is 9.47 Å². The Kier molecular flexibility index (Phi) is 8.41. The summed E-state index contributed by atoms with van der Waals surface area (Å²) in [4.78, 5) is 11.8. The number of unbranched alkanes of at least 4 members (excludes halogenated alkanes) is 1. The molecule has 20 heavy (non-hydrogen) atoms. The maximum atomic E-state index is 13.7. The van der Waals surface area contributed by atoms with E-state index in [9.17, 15) is 9.18 Å². The number of hydrogen-bond donors (Lipinski definition) is 1. The summed E-state index contributed by atoms with van der Waals surface area (Å²) >= 11 is 3.06. The third-order valence-corrected chi connectivity index (χ3v) is 3.24. The van der Waals surface area contributed by atoms with Crippen LogP contribution in [0.1, 0.15) is 23.2 Å². The van der Waals surface area contributed by atoms with Crippen molar-refractivity contribution >= 4 is 21.8 Å². The van der Waals surface area contributed by atoms with Crippen LogP contribution in [0.2, 0.25) is 0 Å². The summed E-state index contributed by atoms with van der Waals surface area (Å²) < 4.78 is 24.1. The van der Waals surface area contributed by atoms with Gasteiger partial charge >= 0.3 is 0 Å². The molecular formula is C14H19BrFNO3. The number of carbonyl (C=O) groups is 1. The number of benzene rings is 1. The van der Waals surface area contributed by atoms with E-state index < -0.39 is 11.7 Å². The zero-order valence-corrected chi connectivity index (χ0v) is 13.0. The first kappa shape index (κ1) is 17.1. The Hall–Kier alpha value is -0.980. The Bertz CT molecular complexity index is 429. The summed E-state index contributed by atoms with van der Waals surface area (Å²) in [5.41, 5.74) is 0.0516. The zero-order valence-electron chi connectivity index (χ0n) is 11.5. The van der Waals surface area contributed by atoms with Crippen molar-refractivity contribution in [3.8, 4) is 0 Å². The molecule has 0 saturated carbocycles. The molecule has 4 nitrogen and oxygen atoms in total. The van der Waals surface area contributed by atoms with E-state index >= 15 is 0 Å². The number of halogens is 2. The van der Waals surface area contributed by atoms with Gasteiger partial charge in [0.25, 0.3) is 5.91 Å². The molecule has 1 aromatic carbocycles. The minimum Gasteiger partial charge on any atom is -0.382 e. The van der Waals surface area contributed by atoms with Crippen LogP contribution in [0.25, 0.3) is 0 Å². The summed E-state index contributed by atoms with van der Waals surface area (Å²) in [5.74, 6) is -0.933. The molecule has 6 heteroatoms. The smallest absolute Gasteiger partial charge is 0.254 e. The van der Waals surface area contributed by atoms with Gasteiger partial charge in [0.15, 0.2) is 0 Å². The SMILES string of the molecule is COCCOCCCCNC(=O)c1cccc(Br)c1F. The monoisotopic (exact) mass is 347 g/mol. The lowest BCUT2D eigenvalue weighted by Crippen LogP contribution is -2.25. The molecule has 0 saturated heterocycles. The molecule has 0 aromatic heterocycles. The summed E-state index contributed by atoms with van der Waals surface area (Å²) in [6, 6.07) is 4.65. The second kappa shape index (κ2) is 9.85. The first-order valence-corrected chi connectivity index (χ1v) is 7.25. The van der Waals surface area contributed by atoms with E-state index in [0.717, 1.165) is 12.8 Å². The fourth-order valence-corrected chi connectivity index (χ4v) is 1.92. The highest BCUT2D eigenvalue weighted by molar-refractivity contribution is 9.10. The van der Waals surface area contributed by atoms with Gasteiger partial charge in [-0.2, -0.15) is 0 Å². The highest BCUT2D eigenvalue weighted by Crippen LogP contribution is 2.18. The molecule has 112 valence electrons. The van der Waals surface area contributed by atoms with E-state index in [4.69, 9.17) is 9.47 Å². The molecule has 0 aliphatic heterocycles. The van der Waals surface area contributed by atoms with E-state index in [0.29, 0.717) is 26.4 Å². The van der Waals surface area contributed by atoms with Gasteiger partial charge in [-0.3, -0.25) is 4.79 Å². The van der Waals surface area contributed by atoms with Crippen molar-refractivity contribution in [2.75, 3.05) is 33.5 Å². The number of carbonyl (C=O) groups excluding carboxylic acids is 1. The van der Waals surface area contributed by atoms with Gasteiger partial charge in [0.05, 0.1) is 23.2 Å². The Morgan fingerprint density at radius 2 is 2.10 bits per heavy atom. The van der Waals surface area contributed by atoms with Gasteiger partial charge in [-0.1, -0.05) is 6.07 Å². The van der Waals surface area contributed by atoms with Crippen LogP contribution in [0.15, 0.2) is 22.7 Å². The molecule has 0 atom stereocenters. The Labute approximate surface area is 126 Å². The minimum atomic E-state index is -0.534. The van der Waals surface area contributed by atoms with Crippen molar-refractivity contribution in [2.45, 2.75) is 12.8 Å². The number of amides is 1. The zero-order chi connectivity index (χ0) is 14.8. The van der Waals surface area contributed by atoms with Gasteiger partial charge in [-0.05, 0) is 40.9 Å². The Morgan fingerprint density at radius 3 is 2.85 bits per heavy atom. The fraction of sp³-hybridized carbons (Fsp3) is 0.500. The normalized spacial score (nSPS) is 10.6. The van der Waals surface area contributed by atoms with Crippen molar-refractivity contribution in [3.05, 3.63) is 34.1 Å². The predicted molar refractivity (Wildman–Crippen MR) is 78.4 cm³/mol. The largest absolute Gasteiger partial charge is 0.382 e. The van der Waals surface area contributed by atoms with E-state index in [1.807, 2.05) is 0 Å². The second-order valence-corrected chi connectivity index (χ2v) is 5.02. The van der Waals surface area contributed by atoms with Gasteiger partial charge in [-0.15, -0.1) is 0 Å². The highest BCUT2D eigenvalue weighted by Gasteiger charge is 2.12. The number of methoxy groups -OCH3 is 1. The average molecular weight is 348 g/mol. The molecule has 0 radical (unpaired) electrons. The van der Waals surface area contributed by atoms with Crippen LogP contribution in [0.5, 0.6) is 0 Å². The third-order valence-electron chi connectivity index (χ3n) is 2.63. The Balaban J connectivity index is 2.19. The molecule has 0 aliphatic rings. The molecule has 1 amide bonds. The van der Waals surface area contributed by atoms with Gasteiger partial charge in [0.2, 0.25) is 0 Å². The lowest BCUT2D eigenvalue weighted by Gasteiger charge is -2.07. The lowest BCUT2D eigenvalue weighted by atomic mass is 10.2. The number of rotatable bonds is 9. The summed E-state index contributed by atoms with van der Waals surface area (Å²) in [6.45, 7) is 2.29. The van der Waals surface area contributed by atoms with Gasteiger partial charge < -0.3 is 14.8 Å². The molecule has 0 aliphatic carbocycles. The quantitative estimate of drug-likeness (QED) is 0.698. The number of nitrogens with one attached hydrogen (secondary N) is 1. The van der Waals surface area contributed by atoms with Crippen molar-refractivity contribution in [3.63, 3.8) is 0 Å². The van der Waals surface area contributed by atoms with Crippen LogP contribution in [0.3, 0.4) is 0 Å². The molecule has 0 spiro atoms. The maximum Gasteiger partial charge on any atom is 0.254 e. The van der Waals surface area contributed by atoms with Crippen LogP contribution >= 0.6 is 15.9 Å². The molecule has 1 N–H and O–H groups in total. The topological polar surface area (TPSA) is 47.6 Å². The molecular weight excluding hydrogens is 329 g/mol.